The number of ketones is 1. The molecule has 24 heavy (non-hydrogen) atoms. The molecule has 0 radical (unpaired) electrons. The Kier molecular flexibility index (Phi) is 2.51. The number of aliphatic hydroxyl groups is 1. The van der Waals surface area contributed by atoms with Gasteiger partial charge in [-0.1, -0.05) is 13.8 Å². The van der Waals surface area contributed by atoms with E-state index in [2.05, 4.69) is 13.8 Å². The summed E-state index contributed by atoms with van der Waals surface area (Å²) < 4.78 is 6.24. The second-order valence-corrected chi connectivity index (χ2v) is 9.92. The molecule has 1 saturated heterocycles. The lowest BCUT2D eigenvalue weighted by Gasteiger charge is -2.64. The second kappa shape index (κ2) is 3.92. The molecule has 4 nitrogen and oxygen atoms in total. The van der Waals surface area contributed by atoms with Crippen LogP contribution in [0.5, 0.6) is 0 Å². The Bertz CT molecular complexity index is 673. The first-order valence-corrected chi connectivity index (χ1v) is 9.66. The Morgan fingerprint density at radius 3 is 2.58 bits per heavy atom. The van der Waals surface area contributed by atoms with Crippen molar-refractivity contribution in [1.82, 2.24) is 0 Å². The van der Waals surface area contributed by atoms with Crippen LogP contribution >= 0.6 is 0 Å². The third kappa shape index (κ3) is 1.23. The molecule has 4 bridgehead atoms. The molecule has 5 rings (SSSR count). The van der Waals surface area contributed by atoms with Crippen molar-refractivity contribution in [3.8, 4) is 0 Å². The van der Waals surface area contributed by atoms with E-state index in [-0.39, 0.29) is 34.4 Å². The fourth-order valence-corrected chi connectivity index (χ4v) is 7.95. The van der Waals surface area contributed by atoms with E-state index in [4.69, 9.17) is 4.74 Å². The highest BCUT2D eigenvalue weighted by Crippen LogP contribution is 2.77. The van der Waals surface area contributed by atoms with Crippen LogP contribution in [0.15, 0.2) is 0 Å². The molecule has 4 heteroatoms. The maximum Gasteiger partial charge on any atom is 0.312 e. The molecule has 4 aliphatic carbocycles. The van der Waals surface area contributed by atoms with E-state index in [1.807, 2.05) is 6.92 Å². The van der Waals surface area contributed by atoms with Gasteiger partial charge in [-0.05, 0) is 58.3 Å². The second-order valence-electron chi connectivity index (χ2n) is 9.92. The standard InChI is InChI=1S/C20H28O4/c1-12-14(21)18-8-5-13-16(2)6-4-7-20(13,24-15(16)22)17(18,3)9-10-19(12,23)11-18/h12-13,23H,4-11H2,1-3H3. The fraction of sp³-hybridized carbons (Fsp3) is 0.900. The average Bonchev–Trinajstić information content (AvgIpc) is 2.77. The van der Waals surface area contributed by atoms with Gasteiger partial charge in [0.25, 0.3) is 0 Å². The lowest BCUT2D eigenvalue weighted by Crippen LogP contribution is -2.67. The van der Waals surface area contributed by atoms with Crippen LogP contribution in [-0.2, 0) is 14.3 Å². The summed E-state index contributed by atoms with van der Waals surface area (Å²) in [6, 6.07) is 0. The SMILES string of the molecule is CC1C(=O)C23CCC4C5(C)CCCC4(OC5=O)C2(C)CCC1(O)C3. The zero-order valence-corrected chi connectivity index (χ0v) is 15.0. The molecule has 4 saturated carbocycles. The van der Waals surface area contributed by atoms with Crippen molar-refractivity contribution >= 4 is 11.8 Å². The molecule has 5 fully saturated rings. The molecule has 7 atom stereocenters. The van der Waals surface area contributed by atoms with E-state index in [0.29, 0.717) is 12.8 Å². The summed E-state index contributed by atoms with van der Waals surface area (Å²) in [5.74, 6) is 0.131. The molecule has 5 aliphatic rings. The van der Waals surface area contributed by atoms with Gasteiger partial charge < -0.3 is 9.84 Å². The number of carbonyl (C=O) groups excluding carboxylic acids is 2. The molecule has 0 aromatic rings. The minimum atomic E-state index is -0.847. The zero-order valence-electron chi connectivity index (χ0n) is 15.0. The van der Waals surface area contributed by atoms with Crippen molar-refractivity contribution in [2.75, 3.05) is 0 Å². The Morgan fingerprint density at radius 1 is 1.08 bits per heavy atom. The summed E-state index contributed by atoms with van der Waals surface area (Å²) in [5.41, 5.74) is -2.54. The first-order valence-electron chi connectivity index (χ1n) is 9.66. The van der Waals surface area contributed by atoms with Crippen molar-refractivity contribution in [2.24, 2.45) is 28.1 Å². The summed E-state index contributed by atoms with van der Waals surface area (Å²) >= 11 is 0. The number of carbonyl (C=O) groups is 2. The average molecular weight is 332 g/mol. The van der Waals surface area contributed by atoms with Crippen LogP contribution in [0.2, 0.25) is 0 Å². The van der Waals surface area contributed by atoms with E-state index >= 15 is 0 Å². The van der Waals surface area contributed by atoms with E-state index in [1.54, 1.807) is 0 Å². The van der Waals surface area contributed by atoms with Gasteiger partial charge in [0.15, 0.2) is 0 Å². The highest BCUT2D eigenvalue weighted by Gasteiger charge is 2.81. The van der Waals surface area contributed by atoms with E-state index in [9.17, 15) is 14.7 Å². The third-order valence-corrected chi connectivity index (χ3v) is 9.50. The van der Waals surface area contributed by atoms with E-state index in [0.717, 1.165) is 38.5 Å². The Labute approximate surface area is 143 Å². The maximum atomic E-state index is 13.4. The lowest BCUT2D eigenvalue weighted by molar-refractivity contribution is -0.231. The van der Waals surface area contributed by atoms with Crippen LogP contribution in [0, 0.1) is 28.1 Å². The molecule has 0 aromatic heterocycles. The van der Waals surface area contributed by atoms with Gasteiger partial charge in [0, 0.05) is 22.7 Å². The number of Topliss-reactive ketones (excluding diaryl/α,β-unsaturated/α-hetero) is 1. The number of hydrogen-bond donors (Lipinski definition) is 1. The van der Waals surface area contributed by atoms with Crippen LogP contribution in [0.4, 0.5) is 0 Å². The minimum absolute atomic E-state index is 0.0393. The summed E-state index contributed by atoms with van der Waals surface area (Å²) in [5, 5.41) is 11.0. The predicted octanol–water partition coefficient (Wildman–Crippen LogP) is 3.01. The highest BCUT2D eigenvalue weighted by atomic mass is 16.6. The first-order chi connectivity index (χ1) is 11.2. The molecule has 1 N–H and O–H groups in total. The molecule has 0 aromatic carbocycles. The molecule has 1 aliphatic heterocycles. The van der Waals surface area contributed by atoms with Gasteiger partial charge in [0.05, 0.1) is 11.0 Å². The van der Waals surface area contributed by atoms with Crippen LogP contribution < -0.4 is 0 Å². The molecule has 132 valence electrons. The van der Waals surface area contributed by atoms with Gasteiger partial charge in [-0.15, -0.1) is 0 Å². The molecule has 1 heterocycles. The number of esters is 1. The van der Waals surface area contributed by atoms with Crippen molar-refractivity contribution in [3.63, 3.8) is 0 Å². The van der Waals surface area contributed by atoms with Crippen LogP contribution in [-0.4, -0.2) is 28.1 Å². The zero-order chi connectivity index (χ0) is 17.2. The summed E-state index contributed by atoms with van der Waals surface area (Å²) in [6.45, 7) is 6.19. The summed E-state index contributed by atoms with van der Waals surface area (Å²) in [6.07, 6.45) is 6.50. The molecular weight excluding hydrogens is 304 g/mol. The first kappa shape index (κ1) is 15.4. The Hall–Kier alpha value is -0.900. The number of hydrogen-bond acceptors (Lipinski definition) is 4. The highest BCUT2D eigenvalue weighted by molar-refractivity contribution is 5.93. The summed E-state index contributed by atoms with van der Waals surface area (Å²) in [7, 11) is 0. The lowest BCUT2D eigenvalue weighted by atomic mass is 9.39. The summed E-state index contributed by atoms with van der Waals surface area (Å²) in [4.78, 5) is 26.2. The van der Waals surface area contributed by atoms with Gasteiger partial charge in [0.1, 0.15) is 11.4 Å². The third-order valence-electron chi connectivity index (χ3n) is 9.50. The van der Waals surface area contributed by atoms with Gasteiger partial charge in [0.2, 0.25) is 0 Å². The van der Waals surface area contributed by atoms with Gasteiger partial charge in [-0.25, -0.2) is 0 Å². The number of fused-ring (bicyclic) bond motifs is 1. The number of ether oxygens (including phenoxy) is 1. The van der Waals surface area contributed by atoms with Crippen molar-refractivity contribution in [3.05, 3.63) is 0 Å². The molecular formula is C20H28O4. The Morgan fingerprint density at radius 2 is 1.83 bits per heavy atom. The molecule has 7 unspecified atom stereocenters. The van der Waals surface area contributed by atoms with Gasteiger partial charge >= 0.3 is 5.97 Å². The van der Waals surface area contributed by atoms with E-state index < -0.39 is 16.6 Å². The fourth-order valence-electron chi connectivity index (χ4n) is 7.95. The molecule has 0 amide bonds. The normalized spacial score (nSPS) is 61.3. The Balaban J connectivity index is 1.72. The smallest absolute Gasteiger partial charge is 0.312 e. The van der Waals surface area contributed by atoms with Gasteiger partial charge in [-0.2, -0.15) is 0 Å². The predicted molar refractivity (Wildman–Crippen MR) is 87.0 cm³/mol. The van der Waals surface area contributed by atoms with Crippen LogP contribution in [0.1, 0.15) is 72.1 Å². The van der Waals surface area contributed by atoms with Gasteiger partial charge in [-0.3, -0.25) is 9.59 Å². The quantitative estimate of drug-likeness (QED) is 0.693. The maximum absolute atomic E-state index is 13.4. The number of rotatable bonds is 0. The van der Waals surface area contributed by atoms with E-state index in [1.165, 1.54) is 0 Å². The topological polar surface area (TPSA) is 63.6 Å². The minimum Gasteiger partial charge on any atom is -0.458 e. The van der Waals surface area contributed by atoms with Crippen molar-refractivity contribution < 1.29 is 19.4 Å². The van der Waals surface area contributed by atoms with Crippen molar-refractivity contribution in [2.45, 2.75) is 83.3 Å². The van der Waals surface area contributed by atoms with Crippen LogP contribution in [0.25, 0.3) is 0 Å². The monoisotopic (exact) mass is 332 g/mol. The van der Waals surface area contributed by atoms with Crippen LogP contribution in [0.3, 0.4) is 0 Å². The molecule has 1 spiro atoms. The van der Waals surface area contributed by atoms with Crippen molar-refractivity contribution in [1.29, 1.82) is 0 Å². The largest absolute Gasteiger partial charge is 0.458 e.